The fourth-order valence-electron chi connectivity index (χ4n) is 2.50. The lowest BCUT2D eigenvalue weighted by Crippen LogP contribution is -2.35. The Morgan fingerprint density at radius 2 is 1.92 bits per heavy atom. The number of hydrogen-bond donors (Lipinski definition) is 1. The predicted molar refractivity (Wildman–Crippen MR) is 103 cm³/mol. The minimum absolute atomic E-state index is 0.0566. The molecule has 0 saturated heterocycles. The molecule has 2 heterocycles. The molecule has 7 heteroatoms. The Morgan fingerprint density at radius 1 is 1.21 bits per heavy atom. The first-order chi connectivity index (χ1) is 11.5. The molecule has 0 aliphatic rings. The van der Waals surface area contributed by atoms with Gasteiger partial charge in [0.15, 0.2) is 0 Å². The van der Waals surface area contributed by atoms with Crippen molar-refractivity contribution in [2.75, 3.05) is 31.9 Å². The largest absolute Gasteiger partial charge is 0.354 e. The van der Waals surface area contributed by atoms with E-state index in [4.69, 9.17) is 0 Å². The zero-order valence-electron chi connectivity index (χ0n) is 15.1. The number of likely N-dealkylation sites (N-methyl/N-ethyl adjacent to an activating group) is 1. The Labute approximate surface area is 152 Å². The number of hydrogen-bond acceptors (Lipinski definition) is 6. The van der Waals surface area contributed by atoms with Crippen molar-refractivity contribution in [3.05, 3.63) is 16.3 Å². The molecular formula is C17H26N4OS2. The van der Waals surface area contributed by atoms with Crippen LogP contribution in [-0.4, -0.2) is 52.7 Å². The highest BCUT2D eigenvalue weighted by atomic mass is 32.2. The molecule has 0 radical (unpaired) electrons. The zero-order valence-corrected chi connectivity index (χ0v) is 16.7. The quantitative estimate of drug-likeness (QED) is 0.574. The van der Waals surface area contributed by atoms with Crippen LogP contribution in [0.2, 0.25) is 0 Å². The summed E-state index contributed by atoms with van der Waals surface area (Å²) in [6.45, 7) is 14.0. The molecule has 0 saturated carbocycles. The summed E-state index contributed by atoms with van der Waals surface area (Å²) in [6, 6.07) is 0. The van der Waals surface area contributed by atoms with Crippen molar-refractivity contribution in [2.24, 2.45) is 0 Å². The van der Waals surface area contributed by atoms with Crippen LogP contribution in [0.25, 0.3) is 10.2 Å². The summed E-state index contributed by atoms with van der Waals surface area (Å²) in [6.07, 6.45) is 0. The van der Waals surface area contributed by atoms with E-state index in [1.807, 2.05) is 6.92 Å². The summed E-state index contributed by atoms with van der Waals surface area (Å²) in [5.41, 5.74) is 1.22. The van der Waals surface area contributed by atoms with Crippen LogP contribution in [0.1, 0.15) is 30.1 Å². The van der Waals surface area contributed by atoms with Gasteiger partial charge in [0.05, 0.1) is 5.75 Å². The van der Waals surface area contributed by atoms with Gasteiger partial charge >= 0.3 is 0 Å². The Balaban J connectivity index is 1.97. The summed E-state index contributed by atoms with van der Waals surface area (Å²) in [7, 11) is 0. The molecule has 24 heavy (non-hydrogen) atoms. The average molecular weight is 367 g/mol. The Kier molecular flexibility index (Phi) is 7.01. The number of fused-ring (bicyclic) bond motifs is 1. The minimum Gasteiger partial charge on any atom is -0.354 e. The lowest BCUT2D eigenvalue weighted by molar-refractivity contribution is -0.118. The number of aryl methyl sites for hydroxylation is 3. The second-order valence-electron chi connectivity index (χ2n) is 5.70. The third kappa shape index (κ3) is 4.68. The summed E-state index contributed by atoms with van der Waals surface area (Å²) in [4.78, 5) is 25.7. The van der Waals surface area contributed by atoms with Crippen molar-refractivity contribution in [1.29, 1.82) is 0 Å². The fourth-order valence-corrected chi connectivity index (χ4v) is 4.60. The van der Waals surface area contributed by atoms with Crippen LogP contribution in [0.5, 0.6) is 0 Å². The normalized spacial score (nSPS) is 11.4. The lowest BCUT2D eigenvalue weighted by Gasteiger charge is -2.17. The summed E-state index contributed by atoms with van der Waals surface area (Å²) in [5, 5.41) is 5.01. The second-order valence-corrected chi connectivity index (χ2v) is 7.87. The molecule has 2 aromatic heterocycles. The van der Waals surface area contributed by atoms with Gasteiger partial charge in [0, 0.05) is 23.4 Å². The number of rotatable bonds is 8. The molecule has 0 unspecified atom stereocenters. The topological polar surface area (TPSA) is 58.1 Å². The first-order valence-corrected chi connectivity index (χ1v) is 10.1. The van der Waals surface area contributed by atoms with E-state index in [1.165, 1.54) is 22.2 Å². The molecule has 2 aromatic rings. The number of thioether (sulfide) groups is 1. The number of aromatic nitrogens is 2. The Hall–Kier alpha value is -1.18. The standard InChI is InChI=1S/C17H26N4OS2/c1-6-21(7-2)9-8-18-14(22)10-23-16-15-11(3)12(4)24-17(15)20-13(5)19-16/h6-10H2,1-5H3,(H,18,22). The van der Waals surface area contributed by atoms with E-state index in [9.17, 15) is 4.79 Å². The van der Waals surface area contributed by atoms with Gasteiger partial charge in [-0.15, -0.1) is 11.3 Å². The highest BCUT2D eigenvalue weighted by Crippen LogP contribution is 2.34. The maximum absolute atomic E-state index is 12.1. The van der Waals surface area contributed by atoms with Crippen LogP contribution in [0.3, 0.4) is 0 Å². The lowest BCUT2D eigenvalue weighted by atomic mass is 10.2. The maximum Gasteiger partial charge on any atom is 0.230 e. The van der Waals surface area contributed by atoms with Crippen LogP contribution in [0, 0.1) is 20.8 Å². The van der Waals surface area contributed by atoms with Gasteiger partial charge in [0.2, 0.25) is 5.91 Å². The fraction of sp³-hybridized carbons (Fsp3) is 0.588. The number of amides is 1. The molecule has 5 nitrogen and oxygen atoms in total. The minimum atomic E-state index is 0.0566. The summed E-state index contributed by atoms with van der Waals surface area (Å²) in [5.74, 6) is 1.20. The third-order valence-corrected chi connectivity index (χ3v) is 6.17. The molecule has 0 atom stereocenters. The number of nitrogens with zero attached hydrogens (tertiary/aromatic N) is 3. The van der Waals surface area contributed by atoms with Crippen molar-refractivity contribution in [1.82, 2.24) is 20.2 Å². The van der Waals surface area contributed by atoms with E-state index in [-0.39, 0.29) is 5.91 Å². The van der Waals surface area contributed by atoms with Gasteiger partial charge in [0.25, 0.3) is 0 Å². The van der Waals surface area contributed by atoms with Gasteiger partial charge < -0.3 is 10.2 Å². The molecular weight excluding hydrogens is 340 g/mol. The third-order valence-electron chi connectivity index (χ3n) is 4.09. The van der Waals surface area contributed by atoms with Gasteiger partial charge in [-0.05, 0) is 39.4 Å². The van der Waals surface area contributed by atoms with E-state index >= 15 is 0 Å². The van der Waals surface area contributed by atoms with Crippen molar-refractivity contribution in [2.45, 2.75) is 39.6 Å². The van der Waals surface area contributed by atoms with Gasteiger partial charge in [0.1, 0.15) is 15.7 Å². The first kappa shape index (κ1) is 19.1. The molecule has 1 amide bonds. The second kappa shape index (κ2) is 8.78. The zero-order chi connectivity index (χ0) is 17.7. The van der Waals surface area contributed by atoms with Gasteiger partial charge in [-0.2, -0.15) is 0 Å². The number of carbonyl (C=O) groups excluding carboxylic acids is 1. The van der Waals surface area contributed by atoms with Gasteiger partial charge in [-0.3, -0.25) is 4.79 Å². The van der Waals surface area contributed by atoms with E-state index in [0.29, 0.717) is 12.3 Å². The highest BCUT2D eigenvalue weighted by molar-refractivity contribution is 8.00. The summed E-state index contributed by atoms with van der Waals surface area (Å²) >= 11 is 3.19. The van der Waals surface area contributed by atoms with Crippen molar-refractivity contribution in [3.63, 3.8) is 0 Å². The van der Waals surface area contributed by atoms with Gasteiger partial charge in [-0.1, -0.05) is 25.6 Å². The molecule has 2 rings (SSSR count). The Bertz CT molecular complexity index is 710. The number of nitrogens with one attached hydrogen (secondary N) is 1. The van der Waals surface area contributed by atoms with Crippen LogP contribution < -0.4 is 5.32 Å². The Morgan fingerprint density at radius 3 is 2.58 bits per heavy atom. The molecule has 0 fully saturated rings. The molecule has 0 aliphatic heterocycles. The smallest absolute Gasteiger partial charge is 0.230 e. The van der Waals surface area contributed by atoms with Crippen LogP contribution in [-0.2, 0) is 4.79 Å². The molecule has 0 bridgehead atoms. The van der Waals surface area contributed by atoms with Crippen LogP contribution >= 0.6 is 23.1 Å². The molecule has 0 aliphatic carbocycles. The van der Waals surface area contributed by atoms with Gasteiger partial charge in [-0.25, -0.2) is 9.97 Å². The van der Waals surface area contributed by atoms with Crippen molar-refractivity contribution in [3.8, 4) is 0 Å². The predicted octanol–water partition coefficient (Wildman–Crippen LogP) is 3.17. The molecule has 132 valence electrons. The van der Waals surface area contributed by atoms with Crippen LogP contribution in [0.4, 0.5) is 0 Å². The first-order valence-electron chi connectivity index (χ1n) is 8.32. The van der Waals surface area contributed by atoms with E-state index in [1.54, 1.807) is 11.3 Å². The van der Waals surface area contributed by atoms with Crippen molar-refractivity contribution < 1.29 is 4.79 Å². The molecule has 0 spiro atoms. The molecule has 0 aromatic carbocycles. The SMILES string of the molecule is CCN(CC)CCNC(=O)CSc1nc(C)nc2sc(C)c(C)c12. The number of carbonyl (C=O) groups is 1. The monoisotopic (exact) mass is 366 g/mol. The van der Waals surface area contributed by atoms with E-state index < -0.39 is 0 Å². The van der Waals surface area contributed by atoms with Crippen LogP contribution in [0.15, 0.2) is 5.03 Å². The van der Waals surface area contributed by atoms with E-state index in [2.05, 4.69) is 47.9 Å². The molecule has 1 N–H and O–H groups in total. The van der Waals surface area contributed by atoms with E-state index in [0.717, 1.165) is 40.7 Å². The highest BCUT2D eigenvalue weighted by Gasteiger charge is 2.15. The average Bonchev–Trinajstić information content (AvgIpc) is 2.83. The number of thiophene rings is 1. The summed E-state index contributed by atoms with van der Waals surface area (Å²) < 4.78 is 0. The maximum atomic E-state index is 12.1. The van der Waals surface area contributed by atoms with Crippen molar-refractivity contribution >= 4 is 39.2 Å².